The van der Waals surface area contributed by atoms with Crippen LogP contribution in [0.15, 0.2) is 85.1 Å². The maximum absolute atomic E-state index is 12.7. The number of ether oxygens (including phenoxy) is 1. The largest absolute Gasteiger partial charge is 0.497 e. The fourth-order valence-corrected chi connectivity index (χ4v) is 3.69. The number of nitro groups is 1. The van der Waals surface area contributed by atoms with E-state index in [9.17, 15) is 19.7 Å². The SMILES string of the molecule is COc1ccc(C(=O)NCCNC(=O)Cc2cn(-c3ccccc3)nc2-c2ccc([N+](=O)[O-])cc2)cc1. The lowest BCUT2D eigenvalue weighted by molar-refractivity contribution is -0.384. The molecule has 0 spiro atoms. The van der Waals surface area contributed by atoms with Gasteiger partial charge in [-0.2, -0.15) is 5.10 Å². The van der Waals surface area contributed by atoms with E-state index in [1.807, 2.05) is 30.3 Å². The Kier molecular flexibility index (Phi) is 7.89. The third-order valence-corrected chi connectivity index (χ3v) is 5.60. The van der Waals surface area contributed by atoms with Gasteiger partial charge in [0, 0.05) is 48.1 Å². The van der Waals surface area contributed by atoms with Crippen LogP contribution in [-0.2, 0) is 11.2 Å². The van der Waals surface area contributed by atoms with Crippen LogP contribution in [0.5, 0.6) is 5.75 Å². The average Bonchev–Trinajstić information content (AvgIpc) is 3.35. The summed E-state index contributed by atoms with van der Waals surface area (Å²) in [5, 5.41) is 21.2. The zero-order valence-electron chi connectivity index (χ0n) is 20.1. The number of non-ortho nitro benzene ring substituents is 1. The number of para-hydroxylation sites is 1. The van der Waals surface area contributed by atoms with Crippen molar-refractivity contribution in [2.24, 2.45) is 0 Å². The molecule has 0 aliphatic heterocycles. The molecule has 2 amide bonds. The summed E-state index contributed by atoms with van der Waals surface area (Å²) in [7, 11) is 1.55. The van der Waals surface area contributed by atoms with Crippen molar-refractivity contribution in [2.45, 2.75) is 6.42 Å². The predicted octanol–water partition coefficient (Wildman–Crippen LogP) is 3.54. The molecule has 0 aliphatic carbocycles. The van der Waals surface area contributed by atoms with E-state index >= 15 is 0 Å². The van der Waals surface area contributed by atoms with Crippen LogP contribution in [0.1, 0.15) is 15.9 Å². The van der Waals surface area contributed by atoms with E-state index in [-0.39, 0.29) is 37.0 Å². The monoisotopic (exact) mass is 499 g/mol. The molecular weight excluding hydrogens is 474 g/mol. The molecule has 1 aromatic heterocycles. The minimum atomic E-state index is -0.464. The van der Waals surface area contributed by atoms with E-state index in [0.717, 1.165) is 5.69 Å². The van der Waals surface area contributed by atoms with Crippen molar-refractivity contribution in [3.05, 3.63) is 106 Å². The summed E-state index contributed by atoms with van der Waals surface area (Å²) in [6, 6.07) is 22.2. The standard InChI is InChI=1S/C27H25N5O5/c1-37-24-13-9-20(10-14-24)27(34)29-16-15-28-25(33)17-21-18-31(22-5-3-2-4-6-22)30-26(21)19-7-11-23(12-8-19)32(35)36/h2-14,18H,15-17H2,1H3,(H,28,33)(H,29,34). The van der Waals surface area contributed by atoms with E-state index < -0.39 is 4.92 Å². The van der Waals surface area contributed by atoms with Crippen LogP contribution in [-0.4, -0.2) is 46.7 Å². The number of benzene rings is 3. The van der Waals surface area contributed by atoms with Gasteiger partial charge in [-0.05, 0) is 48.5 Å². The highest BCUT2D eigenvalue weighted by Gasteiger charge is 2.17. The van der Waals surface area contributed by atoms with Gasteiger partial charge in [-0.25, -0.2) is 4.68 Å². The lowest BCUT2D eigenvalue weighted by Gasteiger charge is -2.08. The smallest absolute Gasteiger partial charge is 0.269 e. The van der Waals surface area contributed by atoms with Gasteiger partial charge in [0.15, 0.2) is 0 Å². The molecule has 1 heterocycles. The van der Waals surface area contributed by atoms with Crippen molar-refractivity contribution in [3.8, 4) is 22.7 Å². The van der Waals surface area contributed by atoms with Crippen molar-refractivity contribution < 1.29 is 19.2 Å². The number of amides is 2. The number of hydrogen-bond donors (Lipinski definition) is 2. The van der Waals surface area contributed by atoms with Crippen LogP contribution in [0.25, 0.3) is 16.9 Å². The molecule has 0 atom stereocenters. The molecule has 10 nitrogen and oxygen atoms in total. The zero-order chi connectivity index (χ0) is 26.2. The molecule has 4 rings (SSSR count). The molecule has 0 unspecified atom stereocenters. The van der Waals surface area contributed by atoms with Gasteiger partial charge in [0.05, 0.1) is 29.8 Å². The molecule has 0 radical (unpaired) electrons. The van der Waals surface area contributed by atoms with Gasteiger partial charge < -0.3 is 15.4 Å². The maximum Gasteiger partial charge on any atom is 0.269 e. The van der Waals surface area contributed by atoms with Gasteiger partial charge in [0.25, 0.3) is 11.6 Å². The molecule has 0 bridgehead atoms. The van der Waals surface area contributed by atoms with Crippen molar-refractivity contribution in [2.75, 3.05) is 20.2 Å². The molecule has 0 saturated carbocycles. The molecule has 3 aromatic carbocycles. The molecule has 0 saturated heterocycles. The summed E-state index contributed by atoms with van der Waals surface area (Å²) in [5.74, 6) is 0.170. The van der Waals surface area contributed by atoms with E-state index in [2.05, 4.69) is 15.7 Å². The summed E-state index contributed by atoms with van der Waals surface area (Å²) < 4.78 is 6.76. The fourth-order valence-electron chi connectivity index (χ4n) is 3.69. The van der Waals surface area contributed by atoms with Crippen molar-refractivity contribution >= 4 is 17.5 Å². The molecule has 0 aliphatic rings. The van der Waals surface area contributed by atoms with Gasteiger partial charge in [-0.15, -0.1) is 0 Å². The summed E-state index contributed by atoms with van der Waals surface area (Å²) in [4.78, 5) is 35.5. The molecule has 0 fully saturated rings. The number of nitro benzene ring substituents is 1. The molecule has 10 heteroatoms. The lowest BCUT2D eigenvalue weighted by atomic mass is 10.1. The van der Waals surface area contributed by atoms with Crippen LogP contribution in [0, 0.1) is 10.1 Å². The van der Waals surface area contributed by atoms with Crippen molar-refractivity contribution in [1.82, 2.24) is 20.4 Å². The Balaban J connectivity index is 1.41. The fraction of sp³-hybridized carbons (Fsp3) is 0.148. The summed E-state index contributed by atoms with van der Waals surface area (Å²) >= 11 is 0. The second-order valence-electron chi connectivity index (χ2n) is 8.10. The Hall–Kier alpha value is -4.99. The maximum atomic E-state index is 12.7. The molecule has 2 N–H and O–H groups in total. The number of nitrogens with one attached hydrogen (secondary N) is 2. The quantitative estimate of drug-likeness (QED) is 0.195. The molecule has 4 aromatic rings. The van der Waals surface area contributed by atoms with E-state index in [0.29, 0.717) is 28.1 Å². The van der Waals surface area contributed by atoms with Gasteiger partial charge in [0.1, 0.15) is 5.75 Å². The lowest BCUT2D eigenvalue weighted by Crippen LogP contribution is -2.35. The minimum absolute atomic E-state index is 0.0257. The number of aromatic nitrogens is 2. The van der Waals surface area contributed by atoms with E-state index in [1.54, 1.807) is 54.4 Å². The van der Waals surface area contributed by atoms with Crippen LogP contribution in [0.3, 0.4) is 0 Å². The Bertz CT molecular complexity index is 1380. The Morgan fingerprint density at radius 2 is 1.62 bits per heavy atom. The first-order chi connectivity index (χ1) is 17.9. The van der Waals surface area contributed by atoms with Crippen LogP contribution >= 0.6 is 0 Å². The first-order valence-electron chi connectivity index (χ1n) is 11.5. The van der Waals surface area contributed by atoms with Crippen LogP contribution in [0.4, 0.5) is 5.69 Å². The average molecular weight is 500 g/mol. The van der Waals surface area contributed by atoms with Crippen LogP contribution in [0.2, 0.25) is 0 Å². The van der Waals surface area contributed by atoms with Gasteiger partial charge in [0.2, 0.25) is 5.91 Å². The Labute approximate surface area is 213 Å². The zero-order valence-corrected chi connectivity index (χ0v) is 20.1. The predicted molar refractivity (Wildman–Crippen MR) is 138 cm³/mol. The Morgan fingerprint density at radius 3 is 2.27 bits per heavy atom. The van der Waals surface area contributed by atoms with E-state index in [4.69, 9.17) is 4.74 Å². The highest BCUT2D eigenvalue weighted by molar-refractivity contribution is 5.94. The number of methoxy groups -OCH3 is 1. The number of rotatable bonds is 10. The number of nitrogens with zero attached hydrogens (tertiary/aromatic N) is 3. The Morgan fingerprint density at radius 1 is 0.946 bits per heavy atom. The summed E-state index contributed by atoms with van der Waals surface area (Å²) in [5.41, 5.74) is 3.17. The summed E-state index contributed by atoms with van der Waals surface area (Å²) in [6.07, 6.45) is 1.82. The highest BCUT2D eigenvalue weighted by Crippen LogP contribution is 2.26. The highest BCUT2D eigenvalue weighted by atomic mass is 16.6. The summed E-state index contributed by atoms with van der Waals surface area (Å²) in [6.45, 7) is 0.509. The van der Waals surface area contributed by atoms with Gasteiger partial charge in [-0.3, -0.25) is 19.7 Å². The van der Waals surface area contributed by atoms with Crippen molar-refractivity contribution in [1.29, 1.82) is 0 Å². The second kappa shape index (κ2) is 11.6. The van der Waals surface area contributed by atoms with Gasteiger partial charge in [-0.1, -0.05) is 18.2 Å². The first-order valence-corrected chi connectivity index (χ1v) is 11.5. The normalized spacial score (nSPS) is 10.5. The van der Waals surface area contributed by atoms with Crippen molar-refractivity contribution in [3.63, 3.8) is 0 Å². The molecular formula is C27H25N5O5. The third-order valence-electron chi connectivity index (χ3n) is 5.60. The number of carbonyl (C=O) groups is 2. The first kappa shape index (κ1) is 25.1. The number of carbonyl (C=O) groups excluding carboxylic acids is 2. The minimum Gasteiger partial charge on any atom is -0.497 e. The molecule has 37 heavy (non-hydrogen) atoms. The number of hydrogen-bond acceptors (Lipinski definition) is 6. The third kappa shape index (κ3) is 6.37. The molecule has 188 valence electrons. The second-order valence-corrected chi connectivity index (χ2v) is 8.10. The topological polar surface area (TPSA) is 128 Å². The van der Waals surface area contributed by atoms with Crippen LogP contribution < -0.4 is 15.4 Å². The van der Waals surface area contributed by atoms with E-state index in [1.165, 1.54) is 12.1 Å². The van der Waals surface area contributed by atoms with Gasteiger partial charge >= 0.3 is 0 Å².